The molecule has 1 heterocycles. The van der Waals surface area contributed by atoms with E-state index in [1.54, 1.807) is 0 Å². The van der Waals surface area contributed by atoms with E-state index in [9.17, 15) is 0 Å². The van der Waals surface area contributed by atoms with E-state index >= 15 is 0 Å². The average molecular weight is 276 g/mol. The van der Waals surface area contributed by atoms with Crippen molar-refractivity contribution < 1.29 is 0 Å². The van der Waals surface area contributed by atoms with Crippen molar-refractivity contribution >= 4 is 11.7 Å². The fourth-order valence-corrected chi connectivity index (χ4v) is 5.77. The van der Waals surface area contributed by atoms with E-state index in [0.717, 1.165) is 23.7 Å². The van der Waals surface area contributed by atoms with E-state index in [0.29, 0.717) is 0 Å². The number of aromatic nitrogens is 2. The number of rotatable bonds is 0. The molecule has 0 saturated heterocycles. The molecule has 2 saturated carbocycles. The summed E-state index contributed by atoms with van der Waals surface area (Å²) in [6.07, 6.45) is 14.3. The fraction of sp³-hybridized carbons (Fsp3) is 0.875. The van der Waals surface area contributed by atoms with Gasteiger partial charge in [-0.05, 0) is 37.5 Å². The molecular weight excluding hydrogens is 252 g/mol. The normalized spacial score (nSPS) is 38.5. The predicted octanol–water partition coefficient (Wildman–Crippen LogP) is 4.88. The molecule has 0 amide bonds. The maximum Gasteiger partial charge on any atom is 0.0811 e. The largest absolute Gasteiger partial charge is 0.178 e. The van der Waals surface area contributed by atoms with Gasteiger partial charge in [0.15, 0.2) is 0 Å². The topological polar surface area (TPSA) is 25.8 Å². The van der Waals surface area contributed by atoms with Crippen LogP contribution in [0.25, 0.3) is 0 Å². The quantitative estimate of drug-likeness (QED) is 0.675. The van der Waals surface area contributed by atoms with Crippen LogP contribution in [0.2, 0.25) is 0 Å². The van der Waals surface area contributed by atoms with Crippen LogP contribution in [0.15, 0.2) is 0 Å². The Morgan fingerprint density at radius 3 is 1.63 bits per heavy atom. The van der Waals surface area contributed by atoms with Crippen LogP contribution in [0.3, 0.4) is 0 Å². The van der Waals surface area contributed by atoms with Crippen molar-refractivity contribution in [3.8, 4) is 0 Å². The van der Waals surface area contributed by atoms with Gasteiger partial charge in [0.2, 0.25) is 0 Å². The lowest BCUT2D eigenvalue weighted by atomic mass is 9.64. The Labute approximate surface area is 120 Å². The van der Waals surface area contributed by atoms with Crippen molar-refractivity contribution in [3.63, 3.8) is 0 Å². The van der Waals surface area contributed by atoms with Gasteiger partial charge in [-0.15, -0.1) is 0 Å². The van der Waals surface area contributed by atoms with Gasteiger partial charge in [0.05, 0.1) is 23.1 Å². The van der Waals surface area contributed by atoms with Crippen LogP contribution in [-0.2, 0) is 0 Å². The molecule has 0 aromatic carbocycles. The van der Waals surface area contributed by atoms with Gasteiger partial charge in [-0.2, -0.15) is 8.75 Å². The first kappa shape index (κ1) is 12.3. The minimum Gasteiger partial charge on any atom is -0.178 e. The summed E-state index contributed by atoms with van der Waals surface area (Å²) in [4.78, 5) is 0. The smallest absolute Gasteiger partial charge is 0.0811 e. The highest BCUT2D eigenvalue weighted by atomic mass is 32.1. The summed E-state index contributed by atoms with van der Waals surface area (Å²) in [5.74, 6) is 3.38. The molecule has 3 aliphatic rings. The van der Waals surface area contributed by atoms with Gasteiger partial charge in [0.25, 0.3) is 0 Å². The molecule has 0 radical (unpaired) electrons. The fourth-order valence-electron chi connectivity index (χ4n) is 5.09. The van der Waals surface area contributed by atoms with Gasteiger partial charge in [-0.1, -0.05) is 38.5 Å². The van der Waals surface area contributed by atoms with Crippen molar-refractivity contribution in [2.45, 2.75) is 76.0 Å². The van der Waals surface area contributed by atoms with Crippen molar-refractivity contribution in [2.24, 2.45) is 11.8 Å². The predicted molar refractivity (Wildman–Crippen MR) is 78.5 cm³/mol. The summed E-state index contributed by atoms with van der Waals surface area (Å²) in [6, 6.07) is 0. The second-order valence-electron chi connectivity index (χ2n) is 6.85. The summed E-state index contributed by atoms with van der Waals surface area (Å²) in [5, 5.41) is 0. The van der Waals surface area contributed by atoms with Crippen LogP contribution in [0.5, 0.6) is 0 Å². The van der Waals surface area contributed by atoms with Gasteiger partial charge < -0.3 is 0 Å². The lowest BCUT2D eigenvalue weighted by Gasteiger charge is -2.40. The van der Waals surface area contributed by atoms with E-state index in [1.807, 2.05) is 0 Å². The molecule has 3 heteroatoms. The zero-order valence-electron chi connectivity index (χ0n) is 11.7. The summed E-state index contributed by atoms with van der Waals surface area (Å²) >= 11 is 1.48. The second kappa shape index (κ2) is 5.16. The monoisotopic (exact) mass is 276 g/mol. The highest BCUT2D eigenvalue weighted by Crippen LogP contribution is 2.54. The Morgan fingerprint density at radius 2 is 1.11 bits per heavy atom. The van der Waals surface area contributed by atoms with Crippen LogP contribution in [0, 0.1) is 11.8 Å². The van der Waals surface area contributed by atoms with Crippen LogP contribution < -0.4 is 0 Å². The molecule has 2 fully saturated rings. The molecule has 1 aromatic rings. The van der Waals surface area contributed by atoms with Gasteiger partial charge >= 0.3 is 0 Å². The third-order valence-corrected chi connectivity index (χ3v) is 6.49. The van der Waals surface area contributed by atoms with Gasteiger partial charge in [-0.25, -0.2) is 0 Å². The van der Waals surface area contributed by atoms with E-state index in [2.05, 4.69) is 0 Å². The number of hydrogen-bond donors (Lipinski definition) is 0. The molecule has 3 aliphatic carbocycles. The highest BCUT2D eigenvalue weighted by molar-refractivity contribution is 6.99. The first-order valence-electron chi connectivity index (χ1n) is 8.27. The highest BCUT2D eigenvalue weighted by Gasteiger charge is 2.45. The van der Waals surface area contributed by atoms with Crippen molar-refractivity contribution in [1.29, 1.82) is 0 Å². The van der Waals surface area contributed by atoms with Crippen LogP contribution >= 0.6 is 11.7 Å². The molecule has 4 unspecified atom stereocenters. The Bertz CT molecular complexity index is 403. The molecule has 0 bridgehead atoms. The molecule has 1 aromatic heterocycles. The van der Waals surface area contributed by atoms with E-state index in [4.69, 9.17) is 8.75 Å². The van der Waals surface area contributed by atoms with Crippen molar-refractivity contribution in [3.05, 3.63) is 11.4 Å². The van der Waals surface area contributed by atoms with Crippen molar-refractivity contribution in [2.75, 3.05) is 0 Å². The van der Waals surface area contributed by atoms with Crippen LogP contribution in [0.1, 0.15) is 87.4 Å². The molecule has 4 rings (SSSR count). The number of hydrogen-bond acceptors (Lipinski definition) is 3. The summed E-state index contributed by atoms with van der Waals surface area (Å²) in [5.41, 5.74) is 2.86. The Hall–Kier alpha value is -0.440. The van der Waals surface area contributed by atoms with Gasteiger partial charge in [0, 0.05) is 11.8 Å². The lowest BCUT2D eigenvalue weighted by Crippen LogP contribution is -2.32. The standard InChI is InChI=1S/C16H24N2S/c1-3-7-11-12-8-4-2-6-10-14(12)16-15(17-19-18-16)13(11)9-5-1/h11-14H,1-10H2. The van der Waals surface area contributed by atoms with Gasteiger partial charge in [0.1, 0.15) is 0 Å². The minimum atomic E-state index is 0.760. The molecule has 19 heavy (non-hydrogen) atoms. The third-order valence-electron chi connectivity index (χ3n) is 5.93. The summed E-state index contributed by atoms with van der Waals surface area (Å²) in [7, 11) is 0. The zero-order valence-corrected chi connectivity index (χ0v) is 12.5. The molecular formula is C16H24N2S. The molecule has 0 N–H and O–H groups in total. The van der Waals surface area contributed by atoms with E-state index in [-0.39, 0.29) is 0 Å². The van der Waals surface area contributed by atoms with E-state index < -0.39 is 0 Å². The number of nitrogens with zero attached hydrogens (tertiary/aromatic N) is 2. The van der Waals surface area contributed by atoms with Crippen LogP contribution in [0.4, 0.5) is 0 Å². The molecule has 2 nitrogen and oxygen atoms in total. The lowest BCUT2D eigenvalue weighted by molar-refractivity contribution is 0.188. The zero-order chi connectivity index (χ0) is 12.7. The Morgan fingerprint density at radius 1 is 0.632 bits per heavy atom. The molecule has 104 valence electrons. The summed E-state index contributed by atoms with van der Waals surface area (Å²) < 4.78 is 9.47. The maximum atomic E-state index is 4.73. The molecule has 0 aliphatic heterocycles. The first-order chi connectivity index (χ1) is 9.45. The van der Waals surface area contributed by atoms with Gasteiger partial charge in [-0.3, -0.25) is 0 Å². The van der Waals surface area contributed by atoms with Crippen LogP contribution in [-0.4, -0.2) is 8.75 Å². The first-order valence-corrected chi connectivity index (χ1v) is 9.00. The molecule has 4 atom stereocenters. The summed E-state index contributed by atoms with van der Waals surface area (Å²) in [6.45, 7) is 0. The Balaban J connectivity index is 1.76. The number of fused-ring (bicyclic) bond motifs is 6. The molecule has 0 spiro atoms. The average Bonchev–Trinajstić information content (AvgIpc) is 2.65. The second-order valence-corrected chi connectivity index (χ2v) is 7.38. The maximum absolute atomic E-state index is 4.73. The minimum absolute atomic E-state index is 0.760. The van der Waals surface area contributed by atoms with Crippen molar-refractivity contribution in [1.82, 2.24) is 8.75 Å². The Kier molecular flexibility index (Phi) is 3.34. The SMILES string of the molecule is C1CCC2c3nsnc3C3CCCCCC3C2CC1. The van der Waals surface area contributed by atoms with E-state index in [1.165, 1.54) is 87.3 Å². The third kappa shape index (κ3) is 2.05.